The molecule has 0 spiro atoms. The van der Waals surface area contributed by atoms with Crippen molar-refractivity contribution in [3.05, 3.63) is 46.6 Å². The number of rotatable bonds is 3. The molecule has 1 aromatic carbocycles. The van der Waals surface area contributed by atoms with Crippen LogP contribution in [0.5, 0.6) is 0 Å². The van der Waals surface area contributed by atoms with Crippen molar-refractivity contribution < 1.29 is 14.7 Å². The summed E-state index contributed by atoms with van der Waals surface area (Å²) in [5, 5.41) is 9.55. The third-order valence-electron chi connectivity index (χ3n) is 2.97. The lowest BCUT2D eigenvalue weighted by atomic mass is 10.1. The van der Waals surface area contributed by atoms with Crippen LogP contribution in [0.15, 0.2) is 24.3 Å². The zero-order chi connectivity index (χ0) is 14.9. The molecule has 0 saturated carbocycles. The van der Waals surface area contributed by atoms with Gasteiger partial charge in [0.05, 0.1) is 5.69 Å². The predicted octanol–water partition coefficient (Wildman–Crippen LogP) is 2.73. The molecule has 0 aliphatic rings. The molecule has 1 N–H and O–H groups in total. The lowest BCUT2D eigenvalue weighted by molar-refractivity contribution is 0.0697. The summed E-state index contributed by atoms with van der Waals surface area (Å²) in [7, 11) is 1.56. The fourth-order valence-corrected chi connectivity index (χ4v) is 2.66. The van der Waals surface area contributed by atoms with E-state index in [0.29, 0.717) is 16.3 Å². The number of hydrogen-bond acceptors (Lipinski definition) is 4. The van der Waals surface area contributed by atoms with Gasteiger partial charge in [0, 0.05) is 12.6 Å². The van der Waals surface area contributed by atoms with Gasteiger partial charge in [-0.2, -0.15) is 4.37 Å². The molecular formula is C14H14N2O3S. The minimum absolute atomic E-state index is 0.0814. The summed E-state index contributed by atoms with van der Waals surface area (Å²) < 4.78 is 4.02. The van der Waals surface area contributed by atoms with Crippen molar-refractivity contribution in [2.45, 2.75) is 13.8 Å². The van der Waals surface area contributed by atoms with Crippen molar-refractivity contribution >= 4 is 28.4 Å². The van der Waals surface area contributed by atoms with Gasteiger partial charge in [-0.3, -0.25) is 4.79 Å². The minimum Gasteiger partial charge on any atom is -0.478 e. The third-order valence-corrected chi connectivity index (χ3v) is 3.98. The topological polar surface area (TPSA) is 70.5 Å². The number of aromatic carboxylic acids is 1. The van der Waals surface area contributed by atoms with E-state index in [9.17, 15) is 14.7 Å². The first-order chi connectivity index (χ1) is 9.41. The highest BCUT2D eigenvalue weighted by Crippen LogP contribution is 2.28. The van der Waals surface area contributed by atoms with Crippen LogP contribution in [0.1, 0.15) is 32.0 Å². The highest BCUT2D eigenvalue weighted by atomic mass is 32.1. The summed E-state index contributed by atoms with van der Waals surface area (Å²) in [5.74, 6) is -1.33. The standard InChI is InChI=1S/C14H14N2O3S/c1-8-4-6-10(7-5-8)12(17)16(3)13-11(14(18)19)9(2)15-20-13/h4-7H,1-3H3,(H,18,19). The molecule has 0 atom stereocenters. The number of anilines is 1. The van der Waals surface area contributed by atoms with Gasteiger partial charge in [0.15, 0.2) is 0 Å². The molecule has 2 rings (SSSR count). The molecule has 2 aromatic rings. The second-order valence-electron chi connectivity index (χ2n) is 4.48. The lowest BCUT2D eigenvalue weighted by Gasteiger charge is -2.16. The first-order valence-electron chi connectivity index (χ1n) is 5.96. The van der Waals surface area contributed by atoms with Crippen molar-refractivity contribution in [3.63, 3.8) is 0 Å². The van der Waals surface area contributed by atoms with Crippen molar-refractivity contribution in [1.29, 1.82) is 0 Å². The van der Waals surface area contributed by atoms with Gasteiger partial charge >= 0.3 is 5.97 Å². The smallest absolute Gasteiger partial charge is 0.340 e. The van der Waals surface area contributed by atoms with Gasteiger partial charge in [0.25, 0.3) is 5.91 Å². The molecular weight excluding hydrogens is 276 g/mol. The van der Waals surface area contributed by atoms with Crippen LogP contribution in [0.4, 0.5) is 5.00 Å². The normalized spacial score (nSPS) is 10.3. The Hall–Kier alpha value is -2.21. The maximum absolute atomic E-state index is 12.4. The molecule has 0 radical (unpaired) electrons. The van der Waals surface area contributed by atoms with Crippen molar-refractivity contribution in [2.75, 3.05) is 11.9 Å². The van der Waals surface area contributed by atoms with Crippen molar-refractivity contribution in [1.82, 2.24) is 4.37 Å². The number of carbonyl (C=O) groups excluding carboxylic acids is 1. The molecule has 1 heterocycles. The first kappa shape index (κ1) is 14.2. The zero-order valence-corrected chi connectivity index (χ0v) is 12.2. The van der Waals surface area contributed by atoms with Crippen LogP contribution in [0.3, 0.4) is 0 Å². The molecule has 0 unspecified atom stereocenters. The predicted molar refractivity (Wildman–Crippen MR) is 77.7 cm³/mol. The number of aryl methyl sites for hydroxylation is 2. The maximum Gasteiger partial charge on any atom is 0.340 e. The van der Waals surface area contributed by atoms with E-state index in [1.807, 2.05) is 19.1 Å². The van der Waals surface area contributed by atoms with E-state index in [1.54, 1.807) is 26.1 Å². The molecule has 0 fully saturated rings. The largest absolute Gasteiger partial charge is 0.478 e. The van der Waals surface area contributed by atoms with Gasteiger partial charge < -0.3 is 10.0 Å². The quantitative estimate of drug-likeness (QED) is 0.943. The Morgan fingerprint density at radius 1 is 1.20 bits per heavy atom. The number of nitrogens with zero attached hydrogens (tertiary/aromatic N) is 2. The zero-order valence-electron chi connectivity index (χ0n) is 11.4. The Labute approximate surface area is 120 Å². The van der Waals surface area contributed by atoms with Crippen LogP contribution in [0, 0.1) is 13.8 Å². The van der Waals surface area contributed by atoms with E-state index in [-0.39, 0.29) is 11.5 Å². The summed E-state index contributed by atoms with van der Waals surface area (Å²) in [4.78, 5) is 24.9. The molecule has 0 aliphatic heterocycles. The lowest BCUT2D eigenvalue weighted by Crippen LogP contribution is -2.26. The summed E-state index contributed by atoms with van der Waals surface area (Å²) in [5.41, 5.74) is 2.07. The molecule has 0 saturated heterocycles. The Balaban J connectivity index is 2.36. The first-order valence-corrected chi connectivity index (χ1v) is 6.73. The summed E-state index contributed by atoms with van der Waals surface area (Å²) in [6.07, 6.45) is 0. The number of amides is 1. The SMILES string of the molecule is Cc1ccc(C(=O)N(C)c2snc(C)c2C(=O)O)cc1. The maximum atomic E-state index is 12.4. The van der Waals surface area contributed by atoms with E-state index in [1.165, 1.54) is 4.90 Å². The molecule has 20 heavy (non-hydrogen) atoms. The van der Waals surface area contributed by atoms with E-state index in [0.717, 1.165) is 17.1 Å². The van der Waals surface area contributed by atoms with Crippen LogP contribution < -0.4 is 4.90 Å². The van der Waals surface area contributed by atoms with Gasteiger partial charge in [-0.25, -0.2) is 4.79 Å². The second kappa shape index (κ2) is 5.42. The molecule has 0 aliphatic carbocycles. The fraction of sp³-hybridized carbons (Fsp3) is 0.214. The van der Waals surface area contributed by atoms with E-state index >= 15 is 0 Å². The van der Waals surface area contributed by atoms with E-state index in [4.69, 9.17) is 0 Å². The minimum atomic E-state index is -1.07. The van der Waals surface area contributed by atoms with Crippen LogP contribution in [-0.2, 0) is 0 Å². The average Bonchev–Trinajstić information content (AvgIpc) is 2.80. The van der Waals surface area contributed by atoms with Crippen LogP contribution >= 0.6 is 11.5 Å². The molecule has 5 nitrogen and oxygen atoms in total. The van der Waals surface area contributed by atoms with Gasteiger partial charge in [-0.05, 0) is 37.5 Å². The number of hydrogen-bond donors (Lipinski definition) is 1. The van der Waals surface area contributed by atoms with Gasteiger partial charge in [0.1, 0.15) is 10.6 Å². The summed E-state index contributed by atoms with van der Waals surface area (Å²) >= 11 is 1.01. The van der Waals surface area contributed by atoms with Gasteiger partial charge in [-0.1, -0.05) is 17.7 Å². The Bertz CT molecular complexity index is 662. The van der Waals surface area contributed by atoms with E-state index < -0.39 is 5.97 Å². The van der Waals surface area contributed by atoms with Crippen molar-refractivity contribution in [3.8, 4) is 0 Å². The second-order valence-corrected chi connectivity index (χ2v) is 5.24. The number of carboxylic acids is 1. The monoisotopic (exact) mass is 290 g/mol. The fourth-order valence-electron chi connectivity index (χ4n) is 1.81. The molecule has 6 heteroatoms. The molecule has 0 bridgehead atoms. The number of carbonyl (C=O) groups is 2. The Morgan fingerprint density at radius 2 is 1.80 bits per heavy atom. The van der Waals surface area contributed by atoms with Crippen LogP contribution in [0.25, 0.3) is 0 Å². The van der Waals surface area contributed by atoms with Crippen molar-refractivity contribution in [2.24, 2.45) is 0 Å². The Morgan fingerprint density at radius 3 is 2.35 bits per heavy atom. The summed E-state index contributed by atoms with van der Waals surface area (Å²) in [6, 6.07) is 7.14. The number of carboxylic acid groups (broad SMARTS) is 1. The molecule has 104 valence electrons. The van der Waals surface area contributed by atoms with Crippen LogP contribution in [-0.4, -0.2) is 28.4 Å². The molecule has 1 amide bonds. The number of aromatic nitrogens is 1. The third kappa shape index (κ3) is 2.55. The number of benzene rings is 1. The highest BCUT2D eigenvalue weighted by molar-refractivity contribution is 7.11. The Kier molecular flexibility index (Phi) is 3.85. The molecule has 1 aromatic heterocycles. The van der Waals surface area contributed by atoms with Gasteiger partial charge in [-0.15, -0.1) is 0 Å². The summed E-state index contributed by atoms with van der Waals surface area (Å²) in [6.45, 7) is 3.56. The average molecular weight is 290 g/mol. The van der Waals surface area contributed by atoms with Crippen LogP contribution in [0.2, 0.25) is 0 Å². The highest BCUT2D eigenvalue weighted by Gasteiger charge is 2.24. The van der Waals surface area contributed by atoms with E-state index in [2.05, 4.69) is 4.37 Å². The van der Waals surface area contributed by atoms with Gasteiger partial charge in [0.2, 0.25) is 0 Å².